The second kappa shape index (κ2) is 6.48. The minimum absolute atomic E-state index is 0.159. The Morgan fingerprint density at radius 3 is 2.65 bits per heavy atom. The molecule has 0 saturated heterocycles. The lowest BCUT2D eigenvalue weighted by atomic mass is 10.1. The number of carbonyl (C=O) groups is 1. The average Bonchev–Trinajstić information content (AvgIpc) is 3.05. The fourth-order valence-corrected chi connectivity index (χ4v) is 2.34. The second-order valence-corrected chi connectivity index (χ2v) is 5.48. The number of hydrogen-bond acceptors (Lipinski definition) is 3. The van der Waals surface area contributed by atoms with E-state index in [1.165, 1.54) is 0 Å². The van der Waals surface area contributed by atoms with Crippen LogP contribution in [-0.4, -0.2) is 15.7 Å². The summed E-state index contributed by atoms with van der Waals surface area (Å²) in [5, 5.41) is 4.43. The Kier molecular flexibility index (Phi) is 4.24. The Hall–Kier alpha value is -2.88. The van der Waals surface area contributed by atoms with Gasteiger partial charge in [0, 0.05) is 6.20 Å². The average molecular weight is 306 g/mol. The number of nitrogens with zero attached hydrogens (tertiary/aromatic N) is 2. The van der Waals surface area contributed by atoms with E-state index in [1.54, 1.807) is 4.68 Å². The molecule has 0 aliphatic heterocycles. The van der Waals surface area contributed by atoms with Crippen molar-refractivity contribution in [3.8, 4) is 5.69 Å². The predicted molar refractivity (Wildman–Crippen MR) is 88.6 cm³/mol. The van der Waals surface area contributed by atoms with Crippen LogP contribution >= 0.6 is 0 Å². The highest BCUT2D eigenvalue weighted by Crippen LogP contribution is 2.13. The lowest BCUT2D eigenvalue weighted by Crippen LogP contribution is -2.08. The Morgan fingerprint density at radius 2 is 1.87 bits per heavy atom. The van der Waals surface area contributed by atoms with Crippen LogP contribution in [0.5, 0.6) is 0 Å². The van der Waals surface area contributed by atoms with Gasteiger partial charge in [-0.25, -0.2) is 9.48 Å². The molecule has 0 fully saturated rings. The van der Waals surface area contributed by atoms with E-state index in [9.17, 15) is 4.79 Å². The van der Waals surface area contributed by atoms with Crippen molar-refractivity contribution < 1.29 is 9.53 Å². The van der Waals surface area contributed by atoms with Crippen LogP contribution in [0.3, 0.4) is 0 Å². The quantitative estimate of drug-likeness (QED) is 0.688. The summed E-state index contributed by atoms with van der Waals surface area (Å²) in [6.07, 6.45) is 1.86. The first-order valence-corrected chi connectivity index (χ1v) is 7.48. The molecule has 1 heterocycles. The lowest BCUT2D eigenvalue weighted by molar-refractivity contribution is 0.0466. The highest BCUT2D eigenvalue weighted by molar-refractivity contribution is 5.91. The number of aryl methyl sites for hydroxylation is 2. The van der Waals surface area contributed by atoms with Crippen molar-refractivity contribution in [1.29, 1.82) is 0 Å². The standard InChI is InChI=1S/C19H18N2O2/c1-14-8-9-15(2)18(12-14)19(22)23-13-16-10-11-21(20-16)17-6-4-3-5-7-17/h3-12H,13H2,1-2H3. The normalized spacial score (nSPS) is 10.5. The third-order valence-electron chi connectivity index (χ3n) is 3.63. The summed E-state index contributed by atoms with van der Waals surface area (Å²) in [7, 11) is 0. The SMILES string of the molecule is Cc1ccc(C)c(C(=O)OCc2ccn(-c3ccccc3)n2)c1. The molecule has 116 valence electrons. The van der Waals surface area contributed by atoms with Gasteiger partial charge in [0.2, 0.25) is 0 Å². The van der Waals surface area contributed by atoms with Gasteiger partial charge in [0.15, 0.2) is 0 Å². The summed E-state index contributed by atoms with van der Waals surface area (Å²) >= 11 is 0. The maximum absolute atomic E-state index is 12.2. The van der Waals surface area contributed by atoms with Gasteiger partial charge in [-0.3, -0.25) is 0 Å². The molecule has 0 aliphatic carbocycles. The summed E-state index contributed by atoms with van der Waals surface area (Å²) in [6.45, 7) is 4.02. The van der Waals surface area contributed by atoms with Crippen LogP contribution in [0, 0.1) is 13.8 Å². The molecule has 4 heteroatoms. The smallest absolute Gasteiger partial charge is 0.338 e. The fourth-order valence-electron chi connectivity index (χ4n) is 2.34. The van der Waals surface area contributed by atoms with Crippen LogP contribution in [0.2, 0.25) is 0 Å². The second-order valence-electron chi connectivity index (χ2n) is 5.48. The molecular formula is C19H18N2O2. The molecule has 3 aromatic rings. The van der Waals surface area contributed by atoms with E-state index in [1.807, 2.05) is 74.6 Å². The molecule has 2 aromatic carbocycles. The number of esters is 1. The monoisotopic (exact) mass is 306 g/mol. The van der Waals surface area contributed by atoms with E-state index < -0.39 is 0 Å². The minimum Gasteiger partial charge on any atom is -0.455 e. The van der Waals surface area contributed by atoms with E-state index >= 15 is 0 Å². The zero-order chi connectivity index (χ0) is 16.2. The van der Waals surface area contributed by atoms with Crippen LogP contribution in [-0.2, 0) is 11.3 Å². The number of aromatic nitrogens is 2. The molecule has 0 unspecified atom stereocenters. The molecule has 0 N–H and O–H groups in total. The van der Waals surface area contributed by atoms with Gasteiger partial charge in [0.05, 0.1) is 11.3 Å². The summed E-state index contributed by atoms with van der Waals surface area (Å²) in [5.41, 5.74) is 4.24. The molecular weight excluding hydrogens is 288 g/mol. The minimum atomic E-state index is -0.319. The van der Waals surface area contributed by atoms with Crippen molar-refractivity contribution in [2.45, 2.75) is 20.5 Å². The maximum Gasteiger partial charge on any atom is 0.338 e. The van der Waals surface area contributed by atoms with Gasteiger partial charge in [-0.05, 0) is 43.7 Å². The first kappa shape index (κ1) is 15.0. The van der Waals surface area contributed by atoms with Crippen LogP contribution in [0.4, 0.5) is 0 Å². The lowest BCUT2D eigenvalue weighted by Gasteiger charge is -2.07. The maximum atomic E-state index is 12.2. The van der Waals surface area contributed by atoms with Gasteiger partial charge in [-0.1, -0.05) is 35.9 Å². The number of ether oxygens (including phenoxy) is 1. The molecule has 4 nitrogen and oxygen atoms in total. The van der Waals surface area contributed by atoms with Crippen LogP contribution in [0.15, 0.2) is 60.8 Å². The molecule has 0 spiro atoms. The Balaban J connectivity index is 1.68. The Labute approximate surface area is 135 Å². The number of hydrogen-bond donors (Lipinski definition) is 0. The highest BCUT2D eigenvalue weighted by atomic mass is 16.5. The number of carbonyl (C=O) groups excluding carboxylic acids is 1. The van der Waals surface area contributed by atoms with Gasteiger partial charge in [-0.2, -0.15) is 5.10 Å². The molecule has 23 heavy (non-hydrogen) atoms. The summed E-state index contributed by atoms with van der Waals surface area (Å²) in [6, 6.07) is 17.4. The highest BCUT2D eigenvalue weighted by Gasteiger charge is 2.12. The van der Waals surface area contributed by atoms with E-state index in [2.05, 4.69) is 5.10 Å². The van der Waals surface area contributed by atoms with E-state index in [0.29, 0.717) is 11.3 Å². The topological polar surface area (TPSA) is 44.1 Å². The van der Waals surface area contributed by atoms with Crippen molar-refractivity contribution in [1.82, 2.24) is 9.78 Å². The van der Waals surface area contributed by atoms with Gasteiger partial charge in [0.25, 0.3) is 0 Å². The van der Waals surface area contributed by atoms with Gasteiger partial charge in [0.1, 0.15) is 12.3 Å². The van der Waals surface area contributed by atoms with Crippen LogP contribution in [0.25, 0.3) is 5.69 Å². The Morgan fingerprint density at radius 1 is 1.09 bits per heavy atom. The van der Waals surface area contributed by atoms with Gasteiger partial charge >= 0.3 is 5.97 Å². The van der Waals surface area contributed by atoms with Crippen LogP contribution in [0.1, 0.15) is 27.2 Å². The number of rotatable bonds is 4. The fraction of sp³-hybridized carbons (Fsp3) is 0.158. The van der Waals surface area contributed by atoms with E-state index in [-0.39, 0.29) is 12.6 Å². The summed E-state index contributed by atoms with van der Waals surface area (Å²) in [4.78, 5) is 12.2. The molecule has 0 radical (unpaired) electrons. The molecule has 1 aromatic heterocycles. The molecule has 0 saturated carbocycles. The molecule has 0 amide bonds. The van der Waals surface area contributed by atoms with E-state index in [4.69, 9.17) is 4.74 Å². The molecule has 3 rings (SSSR count). The Bertz CT molecular complexity index is 822. The summed E-state index contributed by atoms with van der Waals surface area (Å²) in [5.74, 6) is -0.319. The van der Waals surface area contributed by atoms with Gasteiger partial charge in [-0.15, -0.1) is 0 Å². The number of benzene rings is 2. The zero-order valence-electron chi connectivity index (χ0n) is 13.2. The summed E-state index contributed by atoms with van der Waals surface area (Å²) < 4.78 is 7.15. The number of para-hydroxylation sites is 1. The van der Waals surface area contributed by atoms with Crippen molar-refractivity contribution in [2.75, 3.05) is 0 Å². The first-order chi connectivity index (χ1) is 11.1. The zero-order valence-corrected chi connectivity index (χ0v) is 13.2. The van der Waals surface area contributed by atoms with Crippen molar-refractivity contribution >= 4 is 5.97 Å². The van der Waals surface area contributed by atoms with Crippen molar-refractivity contribution in [3.63, 3.8) is 0 Å². The third kappa shape index (κ3) is 3.48. The predicted octanol–water partition coefficient (Wildman–Crippen LogP) is 3.85. The molecule has 0 bridgehead atoms. The van der Waals surface area contributed by atoms with Crippen molar-refractivity contribution in [3.05, 3.63) is 83.2 Å². The molecule has 0 atom stereocenters. The first-order valence-electron chi connectivity index (χ1n) is 7.48. The van der Waals surface area contributed by atoms with E-state index in [0.717, 1.165) is 16.8 Å². The third-order valence-corrected chi connectivity index (χ3v) is 3.63. The van der Waals surface area contributed by atoms with Gasteiger partial charge < -0.3 is 4.74 Å². The molecule has 0 aliphatic rings. The van der Waals surface area contributed by atoms with Crippen molar-refractivity contribution in [2.24, 2.45) is 0 Å². The van der Waals surface area contributed by atoms with Crippen LogP contribution < -0.4 is 0 Å². The largest absolute Gasteiger partial charge is 0.455 e.